The minimum atomic E-state index is -1.76. The molecule has 0 radical (unpaired) electrons. The van der Waals surface area contributed by atoms with Crippen LogP contribution < -0.4 is 0 Å². The summed E-state index contributed by atoms with van der Waals surface area (Å²) in [5, 5.41) is 0.231. The Morgan fingerprint density at radius 1 is 1.14 bits per heavy atom. The minimum Gasteiger partial charge on any atom is -0.300 e. The van der Waals surface area contributed by atoms with Gasteiger partial charge in [-0.1, -0.05) is 43.9 Å². The Hall–Kier alpha value is -1.22. The molecule has 0 amide bonds. The number of benzene rings is 1. The van der Waals surface area contributed by atoms with Gasteiger partial charge >= 0.3 is 0 Å². The summed E-state index contributed by atoms with van der Waals surface area (Å²) in [6, 6.07) is 6.81. The Labute approximate surface area is 85.0 Å². The lowest BCUT2D eigenvalue weighted by Gasteiger charge is -2.13. The number of hydrogen-bond acceptors (Lipinski definition) is 2. The van der Waals surface area contributed by atoms with Crippen LogP contribution in [0.15, 0.2) is 24.3 Å². The predicted molar refractivity (Wildman–Crippen MR) is 59.5 cm³/mol. The van der Waals surface area contributed by atoms with Gasteiger partial charge in [-0.15, -0.1) is 0 Å². The fraction of sp³-hybridized carbons (Fsp3) is 0.273. The quantitative estimate of drug-likeness (QED) is 0.562. The van der Waals surface area contributed by atoms with Gasteiger partial charge < -0.3 is 4.79 Å². The summed E-state index contributed by atoms with van der Waals surface area (Å²) in [6.07, 6.45) is 0.781. The van der Waals surface area contributed by atoms with Gasteiger partial charge in [0.25, 0.3) is 0 Å². The molecule has 0 N–H and O–H groups in total. The monoisotopic (exact) mass is 206 g/mol. The molecule has 14 heavy (non-hydrogen) atoms. The Balaban J connectivity index is 2.98. The summed E-state index contributed by atoms with van der Waals surface area (Å²) in [5.41, 5.74) is 1.33. The Morgan fingerprint density at radius 3 is 2.00 bits per heavy atom. The van der Waals surface area contributed by atoms with Crippen molar-refractivity contribution in [2.45, 2.75) is 19.6 Å². The van der Waals surface area contributed by atoms with Crippen molar-refractivity contribution in [2.75, 3.05) is 0 Å². The number of rotatable bonds is 3. The molecule has 0 fully saturated rings. The number of carbonyl (C=O) groups excluding carboxylic acids is 2. The van der Waals surface area contributed by atoms with E-state index < -0.39 is 8.07 Å². The van der Waals surface area contributed by atoms with Gasteiger partial charge in [0, 0.05) is 11.1 Å². The second-order valence-electron chi connectivity index (χ2n) is 4.32. The fourth-order valence-corrected chi connectivity index (χ4v) is 2.18. The lowest BCUT2D eigenvalue weighted by molar-refractivity contribution is 0.106. The zero-order valence-electron chi connectivity index (χ0n) is 8.70. The second-order valence-corrected chi connectivity index (χ2v) is 9.27. The van der Waals surface area contributed by atoms with Gasteiger partial charge in [-0.2, -0.15) is 0 Å². The van der Waals surface area contributed by atoms with E-state index in [4.69, 9.17) is 0 Å². The zero-order valence-corrected chi connectivity index (χ0v) is 9.70. The molecule has 0 heterocycles. The summed E-state index contributed by atoms with van der Waals surface area (Å²) in [5.74, 6) is 0. The van der Waals surface area contributed by atoms with Crippen molar-refractivity contribution < 1.29 is 9.59 Å². The van der Waals surface area contributed by atoms with E-state index in [1.54, 1.807) is 24.3 Å². The molecule has 1 rings (SSSR count). The maximum Gasteiger partial charge on any atom is 0.150 e. The molecule has 0 unspecified atom stereocenters. The van der Waals surface area contributed by atoms with Gasteiger partial charge in [0.05, 0.1) is 0 Å². The molecule has 3 heteroatoms. The summed E-state index contributed by atoms with van der Waals surface area (Å²) in [6.45, 7) is 6.05. The molecule has 74 valence electrons. The van der Waals surface area contributed by atoms with Crippen LogP contribution in [0.25, 0.3) is 0 Å². The van der Waals surface area contributed by atoms with Crippen LogP contribution in [0.4, 0.5) is 0 Å². The summed E-state index contributed by atoms with van der Waals surface area (Å²) < 4.78 is 0. The van der Waals surface area contributed by atoms with Crippen LogP contribution in [0.1, 0.15) is 20.7 Å². The molecule has 0 saturated carbocycles. The van der Waals surface area contributed by atoms with Crippen molar-refractivity contribution in [3.8, 4) is 0 Å². The highest BCUT2D eigenvalue weighted by atomic mass is 28.3. The van der Waals surface area contributed by atoms with Crippen LogP contribution in [0, 0.1) is 0 Å². The van der Waals surface area contributed by atoms with Gasteiger partial charge in [0.15, 0.2) is 0 Å². The Morgan fingerprint density at radius 2 is 1.64 bits per heavy atom. The van der Waals surface area contributed by atoms with Crippen molar-refractivity contribution in [1.82, 2.24) is 0 Å². The maximum atomic E-state index is 11.8. The molecule has 2 nitrogen and oxygen atoms in total. The van der Waals surface area contributed by atoms with Crippen LogP contribution in [-0.4, -0.2) is 19.8 Å². The van der Waals surface area contributed by atoms with Gasteiger partial charge in [0.1, 0.15) is 19.8 Å². The first-order chi connectivity index (χ1) is 6.45. The highest BCUT2D eigenvalue weighted by Gasteiger charge is 2.25. The normalized spacial score (nSPS) is 11.1. The van der Waals surface area contributed by atoms with E-state index >= 15 is 0 Å². The highest BCUT2D eigenvalue weighted by molar-refractivity contribution is 7.05. The molecule has 0 spiro atoms. The summed E-state index contributed by atoms with van der Waals surface area (Å²) in [7, 11) is -1.76. The summed E-state index contributed by atoms with van der Waals surface area (Å²) >= 11 is 0. The third-order valence-corrected chi connectivity index (χ3v) is 3.64. The number of hydrogen-bond donors (Lipinski definition) is 0. The zero-order chi connectivity index (χ0) is 10.8. The highest BCUT2D eigenvalue weighted by Crippen LogP contribution is 2.12. The van der Waals surface area contributed by atoms with E-state index in [1.165, 1.54) is 0 Å². The largest absolute Gasteiger partial charge is 0.300 e. The van der Waals surface area contributed by atoms with Crippen molar-refractivity contribution >= 4 is 19.8 Å². The van der Waals surface area contributed by atoms with E-state index in [9.17, 15) is 9.59 Å². The molecule has 0 aliphatic carbocycles. The van der Waals surface area contributed by atoms with Gasteiger partial charge in [-0.05, 0) is 0 Å². The minimum absolute atomic E-state index is 0.231. The van der Waals surface area contributed by atoms with Gasteiger partial charge in [-0.3, -0.25) is 4.79 Å². The van der Waals surface area contributed by atoms with Gasteiger partial charge in [0.2, 0.25) is 0 Å². The molecule has 0 atom stereocenters. The van der Waals surface area contributed by atoms with Crippen molar-refractivity contribution in [3.05, 3.63) is 35.4 Å². The lowest BCUT2D eigenvalue weighted by atomic mass is 10.2. The molecule has 0 aliphatic heterocycles. The summed E-state index contributed by atoms with van der Waals surface area (Å²) in [4.78, 5) is 22.2. The SMILES string of the molecule is C[Si](C)(C)C(=O)c1ccc(C=O)cc1. The molecule has 0 saturated heterocycles. The predicted octanol–water partition coefficient (Wildman–Crippen LogP) is 2.56. The maximum absolute atomic E-state index is 11.8. The van der Waals surface area contributed by atoms with E-state index in [1.807, 2.05) is 19.6 Å². The van der Waals surface area contributed by atoms with Crippen LogP contribution in [0.3, 0.4) is 0 Å². The first kappa shape index (κ1) is 10.9. The van der Waals surface area contributed by atoms with E-state index in [-0.39, 0.29) is 5.41 Å². The molecule has 0 aliphatic rings. The standard InChI is InChI=1S/C11H14O2Si/c1-14(2,3)11(13)10-6-4-9(8-12)5-7-10/h4-8H,1-3H3. The first-order valence-corrected chi connectivity index (χ1v) is 8.05. The average Bonchev–Trinajstić information content (AvgIpc) is 2.15. The molecular weight excluding hydrogens is 192 g/mol. The molecule has 0 aromatic heterocycles. The van der Waals surface area contributed by atoms with Crippen LogP contribution >= 0.6 is 0 Å². The van der Waals surface area contributed by atoms with Crippen molar-refractivity contribution in [3.63, 3.8) is 0 Å². The van der Waals surface area contributed by atoms with Crippen LogP contribution in [0.5, 0.6) is 0 Å². The molecule has 1 aromatic carbocycles. The third kappa shape index (κ3) is 2.39. The first-order valence-electron chi connectivity index (χ1n) is 4.55. The van der Waals surface area contributed by atoms with E-state index in [2.05, 4.69) is 0 Å². The van der Waals surface area contributed by atoms with E-state index in [0.717, 1.165) is 11.8 Å². The fourth-order valence-electron chi connectivity index (χ4n) is 1.15. The smallest absolute Gasteiger partial charge is 0.150 e. The molecule has 0 bridgehead atoms. The van der Waals surface area contributed by atoms with Crippen molar-refractivity contribution in [1.29, 1.82) is 0 Å². The Kier molecular flexibility index (Phi) is 3.01. The second kappa shape index (κ2) is 3.88. The topological polar surface area (TPSA) is 34.1 Å². The third-order valence-electron chi connectivity index (χ3n) is 1.99. The molecule has 1 aromatic rings. The molecular formula is C11H14O2Si. The Bertz CT molecular complexity index is 347. The lowest BCUT2D eigenvalue weighted by Crippen LogP contribution is -2.33. The van der Waals surface area contributed by atoms with Crippen molar-refractivity contribution in [2.24, 2.45) is 0 Å². The van der Waals surface area contributed by atoms with E-state index in [0.29, 0.717) is 5.56 Å². The van der Waals surface area contributed by atoms with Crippen LogP contribution in [-0.2, 0) is 0 Å². The number of aldehydes is 1. The average molecular weight is 206 g/mol. The van der Waals surface area contributed by atoms with Crippen LogP contribution in [0.2, 0.25) is 19.6 Å². The van der Waals surface area contributed by atoms with Gasteiger partial charge in [-0.25, -0.2) is 0 Å². The number of carbonyl (C=O) groups is 2.